The molecule has 0 bridgehead atoms. The number of nitrogens with one attached hydrogen (secondary N) is 2. The van der Waals surface area contributed by atoms with Crippen LogP contribution in [0.1, 0.15) is 5.56 Å². The van der Waals surface area contributed by atoms with Gasteiger partial charge in [0.05, 0.1) is 35.0 Å². The minimum atomic E-state index is -0.722. The second-order valence-electron chi connectivity index (χ2n) is 4.98. The van der Waals surface area contributed by atoms with E-state index in [0.717, 1.165) is 0 Å². The largest absolute Gasteiger partial charge is 0.397 e. The Morgan fingerprint density at radius 1 is 1.09 bits per heavy atom. The highest BCUT2D eigenvalue weighted by molar-refractivity contribution is 6.13. The molecule has 4 rings (SSSR count). The minimum Gasteiger partial charge on any atom is -0.397 e. The van der Waals surface area contributed by atoms with Crippen LogP contribution < -0.4 is 11.1 Å². The van der Waals surface area contributed by atoms with Gasteiger partial charge in [-0.15, -0.1) is 0 Å². The maximum Gasteiger partial charge on any atom is 0.163 e. The first-order valence-corrected chi connectivity index (χ1v) is 6.73. The molecule has 23 heavy (non-hydrogen) atoms. The summed E-state index contributed by atoms with van der Waals surface area (Å²) in [5.74, 6) is -1.15. The van der Waals surface area contributed by atoms with Crippen molar-refractivity contribution < 1.29 is 8.78 Å². The molecule has 0 unspecified atom stereocenters. The summed E-state index contributed by atoms with van der Waals surface area (Å²) >= 11 is 0. The van der Waals surface area contributed by atoms with Crippen LogP contribution in [0.5, 0.6) is 0 Å². The number of hydrogen-bond donors (Lipinski definition) is 3. The number of nitrogen functional groups attached to an aromatic ring is 1. The lowest BCUT2D eigenvalue weighted by molar-refractivity contribution is 0.579. The molecule has 0 radical (unpaired) electrons. The van der Waals surface area contributed by atoms with E-state index in [4.69, 9.17) is 5.73 Å². The van der Waals surface area contributed by atoms with Gasteiger partial charge in [-0.1, -0.05) is 6.07 Å². The molecular weight excluding hydrogens is 302 g/mol. The average molecular weight is 312 g/mol. The third kappa shape index (κ3) is 2.11. The number of aromatic nitrogens is 3. The van der Waals surface area contributed by atoms with E-state index in [9.17, 15) is 8.78 Å². The molecule has 114 valence electrons. The summed E-state index contributed by atoms with van der Waals surface area (Å²) in [5.41, 5.74) is 7.67. The fourth-order valence-electron chi connectivity index (χ4n) is 2.44. The Morgan fingerprint density at radius 3 is 2.65 bits per heavy atom. The SMILES string of the molecule is Nc1cnc2c(c1)-c1[nH]ncc1NC(c1c(F)cccc1F)=N2. The second kappa shape index (κ2) is 4.87. The van der Waals surface area contributed by atoms with Crippen LogP contribution in [-0.4, -0.2) is 21.0 Å². The lowest BCUT2D eigenvalue weighted by Gasteiger charge is -2.09. The highest BCUT2D eigenvalue weighted by Crippen LogP contribution is 2.36. The Kier molecular flexibility index (Phi) is 2.83. The molecule has 1 aromatic carbocycles. The molecule has 0 saturated heterocycles. The first kappa shape index (κ1) is 13.4. The quantitative estimate of drug-likeness (QED) is 0.644. The first-order chi connectivity index (χ1) is 11.1. The molecule has 0 fully saturated rings. The number of anilines is 2. The summed E-state index contributed by atoms with van der Waals surface area (Å²) in [6.07, 6.45) is 2.93. The van der Waals surface area contributed by atoms with E-state index in [1.54, 1.807) is 6.07 Å². The number of nitrogens with two attached hydrogens (primary N) is 1. The van der Waals surface area contributed by atoms with Crippen LogP contribution in [0.3, 0.4) is 0 Å². The van der Waals surface area contributed by atoms with Crippen molar-refractivity contribution in [3.8, 4) is 11.3 Å². The van der Waals surface area contributed by atoms with Crippen LogP contribution in [0.2, 0.25) is 0 Å². The van der Waals surface area contributed by atoms with Gasteiger partial charge in [-0.2, -0.15) is 5.10 Å². The molecule has 2 aromatic heterocycles. The zero-order chi connectivity index (χ0) is 16.0. The molecule has 0 saturated carbocycles. The molecule has 6 nitrogen and oxygen atoms in total. The van der Waals surface area contributed by atoms with Crippen LogP contribution in [0.4, 0.5) is 26.0 Å². The molecule has 3 aromatic rings. The summed E-state index contributed by atoms with van der Waals surface area (Å²) in [6, 6.07) is 5.30. The fraction of sp³-hybridized carbons (Fsp3) is 0. The zero-order valence-corrected chi connectivity index (χ0v) is 11.6. The van der Waals surface area contributed by atoms with Gasteiger partial charge in [-0.05, 0) is 18.2 Å². The van der Waals surface area contributed by atoms with Gasteiger partial charge in [0.2, 0.25) is 0 Å². The Hall–Kier alpha value is -3.29. The van der Waals surface area contributed by atoms with Crippen LogP contribution >= 0.6 is 0 Å². The van der Waals surface area contributed by atoms with Crippen molar-refractivity contribution in [2.45, 2.75) is 0 Å². The van der Waals surface area contributed by atoms with Gasteiger partial charge in [-0.3, -0.25) is 5.10 Å². The van der Waals surface area contributed by atoms with Gasteiger partial charge in [0.25, 0.3) is 0 Å². The predicted octanol–water partition coefficient (Wildman–Crippen LogP) is 2.84. The molecule has 0 aliphatic carbocycles. The highest BCUT2D eigenvalue weighted by Gasteiger charge is 2.23. The standard InChI is InChI=1S/C15H10F2N6/c16-9-2-1-3-10(17)12(9)15-21-11-6-20-23-13(11)8-4-7(18)5-19-14(8)22-15/h1-6H,18H2,(H,20,23)(H,19,21,22). The van der Waals surface area contributed by atoms with Gasteiger partial charge in [0.15, 0.2) is 5.82 Å². The maximum absolute atomic E-state index is 14.1. The molecule has 0 atom stereocenters. The van der Waals surface area contributed by atoms with Crippen molar-refractivity contribution in [2.75, 3.05) is 11.1 Å². The van der Waals surface area contributed by atoms with E-state index in [0.29, 0.717) is 22.6 Å². The fourth-order valence-corrected chi connectivity index (χ4v) is 2.44. The number of pyridine rings is 1. The summed E-state index contributed by atoms with van der Waals surface area (Å²) < 4.78 is 28.2. The van der Waals surface area contributed by atoms with Gasteiger partial charge in [0.1, 0.15) is 17.5 Å². The molecule has 8 heteroatoms. The van der Waals surface area contributed by atoms with Crippen LogP contribution in [0.15, 0.2) is 41.7 Å². The molecule has 3 heterocycles. The molecule has 1 aliphatic heterocycles. The van der Waals surface area contributed by atoms with Crippen molar-refractivity contribution in [3.63, 3.8) is 0 Å². The van der Waals surface area contributed by atoms with Gasteiger partial charge >= 0.3 is 0 Å². The van der Waals surface area contributed by atoms with Crippen molar-refractivity contribution in [3.05, 3.63) is 53.9 Å². The van der Waals surface area contributed by atoms with Crippen LogP contribution in [-0.2, 0) is 0 Å². The van der Waals surface area contributed by atoms with Crippen molar-refractivity contribution >= 4 is 23.0 Å². The Balaban J connectivity index is 1.99. The number of aliphatic imine (C=N–C) groups is 1. The lowest BCUT2D eigenvalue weighted by atomic mass is 10.1. The molecular formula is C15H10F2N6. The first-order valence-electron chi connectivity index (χ1n) is 6.73. The molecule has 0 spiro atoms. The number of hydrogen-bond acceptors (Lipinski definition) is 5. The zero-order valence-electron chi connectivity index (χ0n) is 11.6. The van der Waals surface area contributed by atoms with E-state index in [1.165, 1.54) is 30.6 Å². The lowest BCUT2D eigenvalue weighted by Crippen LogP contribution is -2.16. The number of H-pyrrole nitrogens is 1. The summed E-state index contributed by atoms with van der Waals surface area (Å²) in [7, 11) is 0. The smallest absolute Gasteiger partial charge is 0.163 e. The number of amidine groups is 1. The van der Waals surface area contributed by atoms with Crippen molar-refractivity contribution in [1.82, 2.24) is 15.2 Å². The van der Waals surface area contributed by atoms with E-state index in [2.05, 4.69) is 25.5 Å². The average Bonchev–Trinajstić information content (AvgIpc) is 2.91. The summed E-state index contributed by atoms with van der Waals surface area (Å²) in [6.45, 7) is 0. The number of benzene rings is 1. The maximum atomic E-state index is 14.1. The van der Waals surface area contributed by atoms with Crippen molar-refractivity contribution in [1.29, 1.82) is 0 Å². The second-order valence-corrected chi connectivity index (χ2v) is 4.98. The van der Waals surface area contributed by atoms with Gasteiger partial charge in [-0.25, -0.2) is 18.8 Å². The van der Waals surface area contributed by atoms with Crippen LogP contribution in [0.25, 0.3) is 11.3 Å². The molecule has 4 N–H and O–H groups in total. The summed E-state index contributed by atoms with van der Waals surface area (Å²) in [4.78, 5) is 8.42. The monoisotopic (exact) mass is 312 g/mol. The normalized spacial score (nSPS) is 12.7. The van der Waals surface area contributed by atoms with E-state index in [1.807, 2.05) is 0 Å². The number of fused-ring (bicyclic) bond motifs is 3. The number of aromatic amines is 1. The van der Waals surface area contributed by atoms with Crippen LogP contribution in [0, 0.1) is 11.6 Å². The Bertz CT molecular complexity index is 927. The van der Waals surface area contributed by atoms with Gasteiger partial charge in [0, 0.05) is 5.56 Å². The third-order valence-electron chi connectivity index (χ3n) is 3.47. The van der Waals surface area contributed by atoms with E-state index >= 15 is 0 Å². The number of rotatable bonds is 1. The number of nitrogens with zero attached hydrogens (tertiary/aromatic N) is 3. The Morgan fingerprint density at radius 2 is 1.87 bits per heavy atom. The minimum absolute atomic E-state index is 0.0132. The predicted molar refractivity (Wildman–Crippen MR) is 82.4 cm³/mol. The molecule has 1 aliphatic rings. The highest BCUT2D eigenvalue weighted by atomic mass is 19.1. The number of halogens is 2. The topological polar surface area (TPSA) is 92.0 Å². The van der Waals surface area contributed by atoms with Gasteiger partial charge < -0.3 is 11.1 Å². The van der Waals surface area contributed by atoms with E-state index in [-0.39, 0.29) is 17.2 Å². The molecule has 0 amide bonds. The third-order valence-corrected chi connectivity index (χ3v) is 3.47. The van der Waals surface area contributed by atoms with E-state index < -0.39 is 11.6 Å². The summed E-state index contributed by atoms with van der Waals surface area (Å²) in [5, 5.41) is 9.66. The Labute approximate surface area is 129 Å². The van der Waals surface area contributed by atoms with Crippen molar-refractivity contribution in [2.24, 2.45) is 4.99 Å².